The Morgan fingerprint density at radius 3 is 1.91 bits per heavy atom. The second kappa shape index (κ2) is 8.35. The quantitative estimate of drug-likeness (QED) is 0.335. The van der Waals surface area contributed by atoms with E-state index in [0.717, 1.165) is 28.2 Å². The van der Waals surface area contributed by atoms with Gasteiger partial charge in [0.15, 0.2) is 0 Å². The largest absolute Gasteiger partial charge is 0.252 e. The summed E-state index contributed by atoms with van der Waals surface area (Å²) >= 11 is 0. The number of nitrogens with zero attached hydrogens (tertiary/aromatic N) is 2. The van der Waals surface area contributed by atoms with Crippen molar-refractivity contribution in [3.8, 4) is 33.8 Å². The topological polar surface area (TPSA) is 25.8 Å². The third kappa shape index (κ3) is 4.36. The van der Waals surface area contributed by atoms with E-state index in [1.54, 1.807) is 0 Å². The van der Waals surface area contributed by atoms with Crippen LogP contribution < -0.4 is 0 Å². The minimum absolute atomic E-state index is 0.00725. The van der Waals surface area contributed by atoms with Crippen LogP contribution in [0.1, 0.15) is 48.6 Å². The lowest BCUT2D eigenvalue weighted by atomic mass is 9.79. The molecule has 0 amide bonds. The van der Waals surface area contributed by atoms with E-state index >= 15 is 0 Å². The van der Waals surface area contributed by atoms with Crippen molar-refractivity contribution in [2.45, 2.75) is 53.9 Å². The van der Waals surface area contributed by atoms with Crippen LogP contribution in [-0.2, 0) is 5.41 Å². The molecule has 0 atom stereocenters. The Kier molecular flexibility index (Phi) is 5.73. The molecular weight excluding hydrogens is 388 g/mol. The van der Waals surface area contributed by atoms with E-state index in [-0.39, 0.29) is 5.41 Å². The Bertz CT molecular complexity index is 1260. The highest BCUT2D eigenvalue weighted by molar-refractivity contribution is 5.83. The van der Waals surface area contributed by atoms with Gasteiger partial charge >= 0.3 is 0 Å². The van der Waals surface area contributed by atoms with Crippen LogP contribution >= 0.6 is 0 Å². The van der Waals surface area contributed by atoms with Gasteiger partial charge in [-0.25, -0.2) is 4.98 Å². The van der Waals surface area contributed by atoms with Crippen molar-refractivity contribution in [3.05, 3.63) is 94.7 Å². The second-order valence-electron chi connectivity index (χ2n) is 9.95. The summed E-state index contributed by atoms with van der Waals surface area (Å²) in [7, 11) is 0. The molecule has 0 aliphatic rings. The molecule has 0 aliphatic carbocycles. The maximum absolute atomic E-state index is 5.19. The zero-order valence-electron chi connectivity index (χ0n) is 20.2. The molecule has 0 radical (unpaired) electrons. The molecule has 0 spiro atoms. The Morgan fingerprint density at radius 2 is 1.28 bits per heavy atom. The molecule has 0 N–H and O–H groups in total. The number of aryl methyl sites for hydroxylation is 4. The number of benzene rings is 3. The molecule has 0 bridgehead atoms. The monoisotopic (exact) mass is 420 g/mol. The first-order valence-corrected chi connectivity index (χ1v) is 11.3. The van der Waals surface area contributed by atoms with Crippen molar-refractivity contribution in [1.82, 2.24) is 9.97 Å². The highest BCUT2D eigenvalue weighted by Gasteiger charge is 2.25. The lowest BCUT2D eigenvalue weighted by molar-refractivity contribution is 0.587. The van der Waals surface area contributed by atoms with Crippen LogP contribution in [0.3, 0.4) is 0 Å². The molecule has 162 valence electrons. The zero-order chi connectivity index (χ0) is 23.0. The SMILES string of the molecule is Cc1cc(C)cc(-c2nc(-c3ccccc3)cnc2-c2cc(C)cc(C)c2C(C)(C)C)c1. The fourth-order valence-corrected chi connectivity index (χ4v) is 4.80. The van der Waals surface area contributed by atoms with Crippen LogP contribution in [0.15, 0.2) is 66.9 Å². The first-order chi connectivity index (χ1) is 15.1. The fourth-order valence-electron chi connectivity index (χ4n) is 4.80. The van der Waals surface area contributed by atoms with Crippen molar-refractivity contribution in [1.29, 1.82) is 0 Å². The number of hydrogen-bond donors (Lipinski definition) is 0. The van der Waals surface area contributed by atoms with Crippen molar-refractivity contribution in [2.24, 2.45) is 0 Å². The van der Waals surface area contributed by atoms with Gasteiger partial charge in [0.2, 0.25) is 0 Å². The Morgan fingerprint density at radius 1 is 0.656 bits per heavy atom. The molecule has 32 heavy (non-hydrogen) atoms. The minimum Gasteiger partial charge on any atom is -0.252 e. The Balaban J connectivity index is 2.06. The molecular formula is C30H32N2. The van der Waals surface area contributed by atoms with Gasteiger partial charge in [-0.15, -0.1) is 0 Å². The van der Waals surface area contributed by atoms with Gasteiger partial charge < -0.3 is 0 Å². The number of hydrogen-bond acceptors (Lipinski definition) is 2. The van der Waals surface area contributed by atoms with Gasteiger partial charge in [0.1, 0.15) is 0 Å². The average Bonchev–Trinajstić information content (AvgIpc) is 2.71. The maximum atomic E-state index is 5.19. The number of aromatic nitrogens is 2. The van der Waals surface area contributed by atoms with Gasteiger partial charge in [-0.05, 0) is 62.4 Å². The van der Waals surface area contributed by atoms with E-state index in [9.17, 15) is 0 Å². The highest BCUT2D eigenvalue weighted by Crippen LogP contribution is 2.40. The molecule has 1 aromatic heterocycles. The van der Waals surface area contributed by atoms with Crippen LogP contribution in [0.2, 0.25) is 0 Å². The lowest BCUT2D eigenvalue weighted by Gasteiger charge is -2.26. The normalized spacial score (nSPS) is 11.6. The molecule has 0 unspecified atom stereocenters. The van der Waals surface area contributed by atoms with Crippen molar-refractivity contribution < 1.29 is 0 Å². The van der Waals surface area contributed by atoms with E-state index in [0.29, 0.717) is 0 Å². The maximum Gasteiger partial charge on any atom is 0.0973 e. The van der Waals surface area contributed by atoms with Gasteiger partial charge in [0.25, 0.3) is 0 Å². The molecule has 0 saturated carbocycles. The number of rotatable bonds is 3. The summed E-state index contributed by atoms with van der Waals surface area (Å²) in [6.45, 7) is 15.5. The molecule has 0 aliphatic heterocycles. The molecule has 4 aromatic rings. The van der Waals surface area contributed by atoms with Gasteiger partial charge in [0, 0.05) is 16.7 Å². The van der Waals surface area contributed by atoms with Crippen LogP contribution in [0, 0.1) is 27.7 Å². The van der Waals surface area contributed by atoms with E-state index in [1.807, 2.05) is 24.4 Å². The van der Waals surface area contributed by atoms with E-state index < -0.39 is 0 Å². The molecule has 2 heteroatoms. The predicted octanol–water partition coefficient (Wildman–Crippen LogP) is 8.01. The predicted molar refractivity (Wildman–Crippen MR) is 136 cm³/mol. The summed E-state index contributed by atoms with van der Waals surface area (Å²) in [5.74, 6) is 0. The van der Waals surface area contributed by atoms with Crippen molar-refractivity contribution in [2.75, 3.05) is 0 Å². The second-order valence-corrected chi connectivity index (χ2v) is 9.95. The Labute approximate surface area is 192 Å². The van der Waals surface area contributed by atoms with E-state index in [4.69, 9.17) is 9.97 Å². The van der Waals surface area contributed by atoms with Gasteiger partial charge in [-0.3, -0.25) is 4.98 Å². The van der Waals surface area contributed by atoms with Crippen LogP contribution in [0.25, 0.3) is 33.8 Å². The van der Waals surface area contributed by atoms with Gasteiger partial charge in [-0.1, -0.05) is 79.9 Å². The standard InChI is InChI=1S/C30H32N2/c1-19-13-20(2)16-24(15-19)28-29(31-18-26(32-28)23-11-9-8-10-12-23)25-17-21(3)14-22(4)27(25)30(5,6)7/h8-18H,1-7H3. The van der Waals surface area contributed by atoms with Crippen LogP contribution in [0.4, 0.5) is 0 Å². The van der Waals surface area contributed by atoms with Crippen molar-refractivity contribution in [3.63, 3.8) is 0 Å². The summed E-state index contributed by atoms with van der Waals surface area (Å²) < 4.78 is 0. The molecule has 4 rings (SSSR count). The molecule has 2 nitrogen and oxygen atoms in total. The molecule has 0 saturated heterocycles. The summed E-state index contributed by atoms with van der Waals surface area (Å²) in [5.41, 5.74) is 12.5. The van der Waals surface area contributed by atoms with Gasteiger partial charge in [0.05, 0.1) is 23.3 Å². The third-order valence-electron chi connectivity index (χ3n) is 5.82. The molecule has 0 fully saturated rings. The van der Waals surface area contributed by atoms with Crippen LogP contribution in [0.5, 0.6) is 0 Å². The first kappa shape index (κ1) is 22.0. The lowest BCUT2D eigenvalue weighted by Crippen LogP contribution is -2.16. The zero-order valence-corrected chi connectivity index (χ0v) is 20.2. The summed E-state index contributed by atoms with van der Waals surface area (Å²) in [4.78, 5) is 10.2. The minimum atomic E-state index is -0.00725. The van der Waals surface area contributed by atoms with E-state index in [2.05, 4.69) is 90.9 Å². The summed E-state index contributed by atoms with van der Waals surface area (Å²) in [5, 5.41) is 0. The highest BCUT2D eigenvalue weighted by atomic mass is 14.8. The smallest absolute Gasteiger partial charge is 0.0973 e. The summed E-state index contributed by atoms with van der Waals surface area (Å²) in [6, 6.07) is 21.5. The summed E-state index contributed by atoms with van der Waals surface area (Å²) in [6.07, 6.45) is 1.92. The van der Waals surface area contributed by atoms with Gasteiger partial charge in [-0.2, -0.15) is 0 Å². The van der Waals surface area contributed by atoms with E-state index in [1.165, 1.54) is 33.4 Å². The fraction of sp³-hybridized carbons (Fsp3) is 0.267. The van der Waals surface area contributed by atoms with Crippen molar-refractivity contribution >= 4 is 0 Å². The average molecular weight is 421 g/mol. The Hall–Kier alpha value is -3.26. The third-order valence-corrected chi connectivity index (χ3v) is 5.82. The molecule has 1 heterocycles. The van der Waals surface area contributed by atoms with Crippen LogP contribution in [-0.4, -0.2) is 9.97 Å². The molecule has 3 aromatic carbocycles. The first-order valence-electron chi connectivity index (χ1n) is 11.3.